The van der Waals surface area contributed by atoms with E-state index in [-0.39, 0.29) is 5.91 Å². The highest BCUT2D eigenvalue weighted by Gasteiger charge is 2.29. The average molecular weight is 427 g/mol. The third kappa shape index (κ3) is 3.65. The lowest BCUT2D eigenvalue weighted by Crippen LogP contribution is -2.49. The molecule has 1 aliphatic carbocycles. The predicted molar refractivity (Wildman–Crippen MR) is 116 cm³/mol. The molecule has 0 N–H and O–H groups in total. The zero-order valence-corrected chi connectivity index (χ0v) is 17.3. The second-order valence-electron chi connectivity index (χ2n) is 7.62. The van der Waals surface area contributed by atoms with Crippen molar-refractivity contribution in [2.75, 3.05) is 31.1 Å². The highest BCUT2D eigenvalue weighted by atomic mass is 35.5. The maximum absolute atomic E-state index is 13.4. The fraction of sp³-hybridized carbons (Fsp3) is 0.318. The van der Waals surface area contributed by atoms with Crippen LogP contribution in [-0.4, -0.2) is 47.0 Å². The van der Waals surface area contributed by atoms with E-state index in [9.17, 15) is 4.79 Å². The minimum atomic E-state index is 0.0697. The molecule has 0 bridgehead atoms. The van der Waals surface area contributed by atoms with Crippen LogP contribution in [0.3, 0.4) is 0 Å². The Hall–Kier alpha value is -2.37. The Morgan fingerprint density at radius 3 is 2.52 bits per heavy atom. The number of carbonyl (C=O) groups is 1. The van der Waals surface area contributed by atoms with Crippen LogP contribution in [0.2, 0.25) is 10.0 Å². The summed E-state index contributed by atoms with van der Waals surface area (Å²) in [5.41, 5.74) is 2.70. The topological polar surface area (TPSA) is 49.3 Å². The van der Waals surface area contributed by atoms with Gasteiger partial charge in [-0.3, -0.25) is 9.78 Å². The minimum absolute atomic E-state index is 0.0697. The first kappa shape index (κ1) is 18.6. The summed E-state index contributed by atoms with van der Waals surface area (Å²) in [5, 5.41) is 1.97. The molecule has 2 aromatic heterocycles. The van der Waals surface area contributed by atoms with E-state index in [1.165, 1.54) is 0 Å². The Kier molecular flexibility index (Phi) is 4.80. The fourth-order valence-corrected chi connectivity index (χ4v) is 4.39. The first-order valence-corrected chi connectivity index (χ1v) is 10.6. The van der Waals surface area contributed by atoms with Gasteiger partial charge < -0.3 is 9.80 Å². The molecule has 2 fully saturated rings. The second-order valence-corrected chi connectivity index (χ2v) is 8.47. The normalized spacial score (nSPS) is 17.0. The molecule has 7 heteroatoms. The Morgan fingerprint density at radius 1 is 1.03 bits per heavy atom. The lowest BCUT2D eigenvalue weighted by atomic mass is 10.0. The summed E-state index contributed by atoms with van der Waals surface area (Å²) in [6.45, 7) is 2.60. The molecule has 0 atom stereocenters. The van der Waals surface area contributed by atoms with Gasteiger partial charge in [-0.2, -0.15) is 0 Å². The van der Waals surface area contributed by atoms with Crippen molar-refractivity contribution in [3.8, 4) is 0 Å². The molecule has 5 nitrogen and oxygen atoms in total. The zero-order chi connectivity index (χ0) is 20.0. The number of rotatable bonds is 3. The summed E-state index contributed by atoms with van der Waals surface area (Å²) in [6.07, 6.45) is 3.92. The first-order valence-electron chi connectivity index (χ1n) is 9.85. The Balaban J connectivity index is 1.38. The number of pyridine rings is 2. The van der Waals surface area contributed by atoms with Crippen molar-refractivity contribution < 1.29 is 4.79 Å². The van der Waals surface area contributed by atoms with Crippen LogP contribution in [0.25, 0.3) is 10.9 Å². The van der Waals surface area contributed by atoms with Gasteiger partial charge in [0.15, 0.2) is 0 Å². The number of hydrogen-bond donors (Lipinski definition) is 0. The van der Waals surface area contributed by atoms with E-state index >= 15 is 0 Å². The molecule has 1 amide bonds. The highest BCUT2D eigenvalue weighted by Crippen LogP contribution is 2.40. The van der Waals surface area contributed by atoms with Gasteiger partial charge in [0.1, 0.15) is 5.82 Å². The molecule has 0 radical (unpaired) electrons. The smallest absolute Gasteiger partial charge is 0.254 e. The van der Waals surface area contributed by atoms with E-state index in [2.05, 4.69) is 9.88 Å². The van der Waals surface area contributed by atoms with E-state index < -0.39 is 0 Å². The number of para-hydroxylation sites is 1. The second kappa shape index (κ2) is 7.47. The number of piperazine rings is 1. The van der Waals surface area contributed by atoms with Crippen molar-refractivity contribution in [2.45, 2.75) is 18.8 Å². The van der Waals surface area contributed by atoms with E-state index in [0.717, 1.165) is 35.0 Å². The van der Waals surface area contributed by atoms with Gasteiger partial charge in [0, 0.05) is 49.4 Å². The number of benzene rings is 1. The minimum Gasteiger partial charge on any atom is -0.352 e. The van der Waals surface area contributed by atoms with Crippen molar-refractivity contribution in [2.24, 2.45) is 0 Å². The van der Waals surface area contributed by atoms with Crippen LogP contribution in [0, 0.1) is 0 Å². The van der Waals surface area contributed by atoms with Crippen LogP contribution in [-0.2, 0) is 0 Å². The number of hydrogen-bond acceptors (Lipinski definition) is 4. The Morgan fingerprint density at radius 2 is 1.79 bits per heavy atom. The number of aromatic nitrogens is 2. The van der Waals surface area contributed by atoms with Gasteiger partial charge in [0.2, 0.25) is 0 Å². The summed E-state index contributed by atoms with van der Waals surface area (Å²) in [5.74, 6) is 1.29. The molecule has 3 heterocycles. The van der Waals surface area contributed by atoms with Gasteiger partial charge in [-0.05, 0) is 31.0 Å². The van der Waals surface area contributed by atoms with Crippen LogP contribution >= 0.6 is 23.2 Å². The third-order valence-corrected chi connectivity index (χ3v) is 6.10. The monoisotopic (exact) mass is 426 g/mol. The fourth-order valence-electron chi connectivity index (χ4n) is 3.89. The van der Waals surface area contributed by atoms with Crippen LogP contribution in [0.1, 0.15) is 34.8 Å². The van der Waals surface area contributed by atoms with Crippen LogP contribution < -0.4 is 4.90 Å². The SMILES string of the molecule is O=C(c1cc(C2CC2)nc2ccccc12)N1CCN(c2ncc(Cl)cc2Cl)CC1. The number of fused-ring (bicyclic) bond motifs is 1. The molecule has 2 aliphatic rings. The number of amides is 1. The zero-order valence-electron chi connectivity index (χ0n) is 15.8. The molecular formula is C22H20Cl2N4O. The van der Waals surface area contributed by atoms with E-state index in [1.807, 2.05) is 35.2 Å². The molecule has 0 unspecified atom stereocenters. The summed E-state index contributed by atoms with van der Waals surface area (Å²) < 4.78 is 0. The summed E-state index contributed by atoms with van der Waals surface area (Å²) in [6, 6.07) is 11.6. The molecule has 29 heavy (non-hydrogen) atoms. The summed E-state index contributed by atoms with van der Waals surface area (Å²) >= 11 is 12.3. The molecule has 148 valence electrons. The van der Waals surface area contributed by atoms with Gasteiger partial charge in [-0.1, -0.05) is 41.4 Å². The Labute approximate surface area is 179 Å². The van der Waals surface area contributed by atoms with E-state index in [1.54, 1.807) is 12.3 Å². The molecule has 1 saturated heterocycles. The van der Waals surface area contributed by atoms with Crippen molar-refractivity contribution in [1.82, 2.24) is 14.9 Å². The number of nitrogens with zero attached hydrogens (tertiary/aromatic N) is 4. The van der Waals surface area contributed by atoms with E-state index in [0.29, 0.717) is 48.0 Å². The van der Waals surface area contributed by atoms with Gasteiger partial charge in [0.25, 0.3) is 5.91 Å². The van der Waals surface area contributed by atoms with Gasteiger partial charge in [-0.25, -0.2) is 4.98 Å². The maximum atomic E-state index is 13.4. The lowest BCUT2D eigenvalue weighted by molar-refractivity contribution is 0.0748. The average Bonchev–Trinajstić information content (AvgIpc) is 3.58. The first-order chi connectivity index (χ1) is 14.1. The van der Waals surface area contributed by atoms with Crippen molar-refractivity contribution >= 4 is 45.8 Å². The van der Waals surface area contributed by atoms with Crippen molar-refractivity contribution in [1.29, 1.82) is 0 Å². The van der Waals surface area contributed by atoms with Crippen LogP contribution in [0.4, 0.5) is 5.82 Å². The number of halogens is 2. The molecular weight excluding hydrogens is 407 g/mol. The summed E-state index contributed by atoms with van der Waals surface area (Å²) in [4.78, 5) is 26.5. The van der Waals surface area contributed by atoms with Gasteiger partial charge in [0.05, 0.1) is 21.1 Å². The lowest BCUT2D eigenvalue weighted by Gasteiger charge is -2.36. The standard InChI is InChI=1S/C22H20Cl2N4O/c23-15-11-18(24)21(25-13-15)27-7-9-28(10-8-27)22(29)17-12-20(14-5-6-14)26-19-4-2-1-3-16(17)19/h1-4,11-14H,5-10H2. The van der Waals surface area contributed by atoms with Gasteiger partial charge in [-0.15, -0.1) is 0 Å². The third-order valence-electron chi connectivity index (χ3n) is 5.62. The molecule has 1 aliphatic heterocycles. The van der Waals surface area contributed by atoms with Crippen molar-refractivity contribution in [3.63, 3.8) is 0 Å². The molecule has 5 rings (SSSR count). The van der Waals surface area contributed by atoms with Crippen LogP contribution in [0.5, 0.6) is 0 Å². The van der Waals surface area contributed by atoms with Gasteiger partial charge >= 0.3 is 0 Å². The highest BCUT2D eigenvalue weighted by molar-refractivity contribution is 6.36. The molecule has 1 aromatic carbocycles. The number of carbonyl (C=O) groups excluding carboxylic acids is 1. The predicted octanol–water partition coefficient (Wildman–Crippen LogP) is 4.78. The number of anilines is 1. The summed E-state index contributed by atoms with van der Waals surface area (Å²) in [7, 11) is 0. The van der Waals surface area contributed by atoms with E-state index in [4.69, 9.17) is 28.2 Å². The molecule has 1 saturated carbocycles. The quantitative estimate of drug-likeness (QED) is 0.604. The largest absolute Gasteiger partial charge is 0.352 e. The Bertz CT molecular complexity index is 1090. The molecule has 0 spiro atoms. The van der Waals surface area contributed by atoms with Crippen LogP contribution in [0.15, 0.2) is 42.6 Å². The maximum Gasteiger partial charge on any atom is 0.254 e. The van der Waals surface area contributed by atoms with Crippen molar-refractivity contribution in [3.05, 3.63) is 63.9 Å². The molecule has 3 aromatic rings.